The number of hydrogen-bond donors (Lipinski definition) is 2. The average molecular weight is 386 g/mol. The standard InChI is InChI=1S/C18H21F3N2O4/c1-9(2)22-16(24)11-7-13-14(8-12(11)18(19,20)21)27-15(17(25)23-13)10-3-5-26-6-4-10/h7-10,15H,3-6H2,1-2H3,(H,22,24)(H,23,25). The van der Waals surface area contributed by atoms with Crippen molar-refractivity contribution in [3.05, 3.63) is 23.3 Å². The lowest BCUT2D eigenvalue weighted by atomic mass is 9.92. The zero-order valence-corrected chi connectivity index (χ0v) is 15.0. The maximum Gasteiger partial charge on any atom is 0.417 e. The number of fused-ring (bicyclic) bond motifs is 1. The lowest BCUT2D eigenvalue weighted by molar-refractivity contribution is -0.138. The van der Waals surface area contributed by atoms with E-state index in [1.54, 1.807) is 13.8 Å². The Morgan fingerprint density at radius 2 is 1.93 bits per heavy atom. The van der Waals surface area contributed by atoms with Crippen LogP contribution in [-0.4, -0.2) is 37.2 Å². The van der Waals surface area contributed by atoms with Crippen molar-refractivity contribution >= 4 is 17.5 Å². The van der Waals surface area contributed by atoms with Crippen LogP contribution in [0.25, 0.3) is 0 Å². The second-order valence-electron chi connectivity index (χ2n) is 7.00. The molecule has 9 heteroatoms. The fourth-order valence-electron chi connectivity index (χ4n) is 3.26. The predicted molar refractivity (Wildman–Crippen MR) is 90.6 cm³/mol. The fraction of sp³-hybridized carbons (Fsp3) is 0.556. The molecule has 2 amide bonds. The van der Waals surface area contributed by atoms with E-state index in [4.69, 9.17) is 9.47 Å². The monoisotopic (exact) mass is 386 g/mol. The second-order valence-corrected chi connectivity index (χ2v) is 7.00. The van der Waals surface area contributed by atoms with Crippen molar-refractivity contribution in [3.8, 4) is 5.75 Å². The number of rotatable bonds is 3. The molecule has 1 saturated heterocycles. The number of carbonyl (C=O) groups excluding carboxylic acids is 2. The molecule has 0 radical (unpaired) electrons. The smallest absolute Gasteiger partial charge is 0.417 e. The van der Waals surface area contributed by atoms with E-state index < -0.39 is 35.2 Å². The summed E-state index contributed by atoms with van der Waals surface area (Å²) in [6.07, 6.45) is -4.43. The predicted octanol–water partition coefficient (Wildman–Crippen LogP) is 2.97. The van der Waals surface area contributed by atoms with Crippen LogP contribution < -0.4 is 15.4 Å². The number of benzene rings is 1. The van der Waals surface area contributed by atoms with Crippen molar-refractivity contribution in [2.24, 2.45) is 5.92 Å². The number of halogens is 3. The van der Waals surface area contributed by atoms with Gasteiger partial charge in [0.2, 0.25) is 0 Å². The third-order valence-corrected chi connectivity index (χ3v) is 4.55. The van der Waals surface area contributed by atoms with E-state index in [0.717, 1.165) is 12.1 Å². The van der Waals surface area contributed by atoms with Gasteiger partial charge >= 0.3 is 6.18 Å². The summed E-state index contributed by atoms with van der Waals surface area (Å²) >= 11 is 0. The van der Waals surface area contributed by atoms with Gasteiger partial charge in [-0.2, -0.15) is 13.2 Å². The molecule has 2 N–H and O–H groups in total. The number of nitrogens with one attached hydrogen (secondary N) is 2. The van der Waals surface area contributed by atoms with E-state index in [9.17, 15) is 22.8 Å². The number of anilines is 1. The molecular formula is C18H21F3N2O4. The number of carbonyl (C=O) groups is 2. The molecule has 0 bridgehead atoms. The Balaban J connectivity index is 1.97. The highest BCUT2D eigenvalue weighted by atomic mass is 19.4. The quantitative estimate of drug-likeness (QED) is 0.838. The second kappa shape index (κ2) is 7.38. The molecule has 1 fully saturated rings. The van der Waals surface area contributed by atoms with Crippen LogP contribution in [0.15, 0.2) is 12.1 Å². The maximum absolute atomic E-state index is 13.5. The van der Waals surface area contributed by atoms with Crippen LogP contribution in [0.4, 0.5) is 18.9 Å². The summed E-state index contributed by atoms with van der Waals surface area (Å²) in [4.78, 5) is 24.6. The van der Waals surface area contributed by atoms with Crippen LogP contribution in [0.5, 0.6) is 5.75 Å². The Kier molecular flexibility index (Phi) is 5.32. The molecule has 1 unspecified atom stereocenters. The minimum atomic E-state index is -4.74. The first kappa shape index (κ1) is 19.5. The maximum atomic E-state index is 13.5. The number of ether oxygens (including phenoxy) is 2. The van der Waals surface area contributed by atoms with Gasteiger partial charge < -0.3 is 20.1 Å². The lowest BCUT2D eigenvalue weighted by Crippen LogP contribution is -2.44. The van der Waals surface area contributed by atoms with Crippen molar-refractivity contribution in [2.75, 3.05) is 18.5 Å². The molecule has 27 heavy (non-hydrogen) atoms. The molecule has 148 valence electrons. The summed E-state index contributed by atoms with van der Waals surface area (Å²) in [6.45, 7) is 4.25. The van der Waals surface area contributed by atoms with Gasteiger partial charge in [-0.05, 0) is 38.8 Å². The summed E-state index contributed by atoms with van der Waals surface area (Å²) in [5.74, 6) is -1.50. The molecule has 0 saturated carbocycles. The van der Waals surface area contributed by atoms with Gasteiger partial charge in [-0.3, -0.25) is 9.59 Å². The molecule has 1 aromatic rings. The van der Waals surface area contributed by atoms with Crippen molar-refractivity contribution < 1.29 is 32.2 Å². The summed E-state index contributed by atoms with van der Waals surface area (Å²) in [6, 6.07) is 1.47. The van der Waals surface area contributed by atoms with E-state index in [1.165, 1.54) is 0 Å². The van der Waals surface area contributed by atoms with Crippen LogP contribution in [0, 0.1) is 5.92 Å². The van der Waals surface area contributed by atoms with Crippen LogP contribution in [0.3, 0.4) is 0 Å². The van der Waals surface area contributed by atoms with Crippen molar-refractivity contribution in [1.29, 1.82) is 0 Å². The van der Waals surface area contributed by atoms with Crippen molar-refractivity contribution in [2.45, 2.75) is 45.0 Å². The summed E-state index contributed by atoms with van der Waals surface area (Å²) in [7, 11) is 0. The first-order chi connectivity index (χ1) is 12.7. The van der Waals surface area contributed by atoms with Gasteiger partial charge in [0, 0.05) is 25.2 Å². The fourth-order valence-corrected chi connectivity index (χ4v) is 3.26. The molecular weight excluding hydrogens is 365 g/mol. The summed E-state index contributed by atoms with van der Waals surface area (Å²) in [5, 5.41) is 5.03. The molecule has 1 aromatic carbocycles. The lowest BCUT2D eigenvalue weighted by Gasteiger charge is -2.34. The molecule has 6 nitrogen and oxygen atoms in total. The first-order valence-corrected chi connectivity index (χ1v) is 8.78. The average Bonchev–Trinajstić information content (AvgIpc) is 2.59. The molecule has 1 atom stereocenters. The zero-order valence-electron chi connectivity index (χ0n) is 15.0. The van der Waals surface area contributed by atoms with E-state index >= 15 is 0 Å². The molecule has 0 aliphatic carbocycles. The van der Waals surface area contributed by atoms with Crippen molar-refractivity contribution in [3.63, 3.8) is 0 Å². The molecule has 3 rings (SSSR count). The Hall–Kier alpha value is -2.29. The third-order valence-electron chi connectivity index (χ3n) is 4.55. The minimum Gasteiger partial charge on any atom is -0.478 e. The van der Waals surface area contributed by atoms with E-state index in [0.29, 0.717) is 26.1 Å². The highest BCUT2D eigenvalue weighted by Crippen LogP contribution is 2.41. The SMILES string of the molecule is CC(C)NC(=O)c1cc2c(cc1C(F)(F)F)OC(C1CCOCC1)C(=O)N2. The van der Waals surface area contributed by atoms with Gasteiger partial charge in [-0.15, -0.1) is 0 Å². The molecule has 2 aliphatic rings. The summed E-state index contributed by atoms with van der Waals surface area (Å²) in [5.41, 5.74) is -1.59. The van der Waals surface area contributed by atoms with Crippen LogP contribution >= 0.6 is 0 Å². The van der Waals surface area contributed by atoms with Gasteiger partial charge in [-0.1, -0.05) is 0 Å². The normalized spacial score (nSPS) is 20.7. The number of alkyl halides is 3. The topological polar surface area (TPSA) is 76.7 Å². The summed E-state index contributed by atoms with van der Waals surface area (Å²) < 4.78 is 51.4. The van der Waals surface area contributed by atoms with Gasteiger partial charge in [0.1, 0.15) is 5.75 Å². The van der Waals surface area contributed by atoms with Gasteiger partial charge in [0.05, 0.1) is 16.8 Å². The van der Waals surface area contributed by atoms with Crippen LogP contribution in [0.2, 0.25) is 0 Å². The number of hydrogen-bond acceptors (Lipinski definition) is 4. The van der Waals surface area contributed by atoms with Gasteiger partial charge in [-0.25, -0.2) is 0 Å². The third kappa shape index (κ3) is 4.18. The largest absolute Gasteiger partial charge is 0.478 e. The minimum absolute atomic E-state index is 0.0604. The Labute approximate surface area is 154 Å². The Bertz CT molecular complexity index is 743. The van der Waals surface area contributed by atoms with Crippen LogP contribution in [-0.2, 0) is 15.7 Å². The Morgan fingerprint density at radius 1 is 1.26 bits per heavy atom. The molecule has 0 spiro atoms. The van der Waals surface area contributed by atoms with E-state index in [1.807, 2.05) is 0 Å². The molecule has 0 aromatic heterocycles. The zero-order chi connectivity index (χ0) is 19.8. The van der Waals surface area contributed by atoms with Gasteiger partial charge in [0.15, 0.2) is 6.10 Å². The molecule has 2 heterocycles. The van der Waals surface area contributed by atoms with Gasteiger partial charge in [0.25, 0.3) is 11.8 Å². The molecule has 2 aliphatic heterocycles. The van der Waals surface area contributed by atoms with Crippen molar-refractivity contribution in [1.82, 2.24) is 5.32 Å². The highest BCUT2D eigenvalue weighted by Gasteiger charge is 2.40. The van der Waals surface area contributed by atoms with Crippen LogP contribution in [0.1, 0.15) is 42.6 Å². The Morgan fingerprint density at radius 3 is 2.52 bits per heavy atom. The first-order valence-electron chi connectivity index (χ1n) is 8.78. The highest BCUT2D eigenvalue weighted by molar-refractivity contribution is 6.02. The van der Waals surface area contributed by atoms with E-state index in [2.05, 4.69) is 10.6 Å². The number of amides is 2. The van der Waals surface area contributed by atoms with E-state index in [-0.39, 0.29) is 23.4 Å².